The molecule has 0 amide bonds. The van der Waals surface area contributed by atoms with Crippen molar-refractivity contribution in [3.63, 3.8) is 0 Å². The molecule has 0 unspecified atom stereocenters. The van der Waals surface area contributed by atoms with Crippen molar-refractivity contribution >= 4 is 28.6 Å². The maximum Gasteiger partial charge on any atom is 0.417 e. The van der Waals surface area contributed by atoms with Gasteiger partial charge in [-0.05, 0) is 37.6 Å². The van der Waals surface area contributed by atoms with E-state index in [1.807, 2.05) is 18.4 Å². The van der Waals surface area contributed by atoms with Crippen LogP contribution >= 0.6 is 11.6 Å². The van der Waals surface area contributed by atoms with Gasteiger partial charge >= 0.3 is 11.9 Å². The highest BCUT2D eigenvalue weighted by atomic mass is 35.5. The number of benzene rings is 2. The van der Waals surface area contributed by atoms with Crippen LogP contribution in [0.25, 0.3) is 16.7 Å². The summed E-state index contributed by atoms with van der Waals surface area (Å²) in [5.41, 5.74) is -2.13. The molecule has 0 saturated carbocycles. The second-order valence-electron chi connectivity index (χ2n) is 8.35. The van der Waals surface area contributed by atoms with Gasteiger partial charge in [0.1, 0.15) is 5.82 Å². The summed E-state index contributed by atoms with van der Waals surface area (Å²) in [6, 6.07) is 6.40. The number of aromatic carboxylic acids is 1. The first kappa shape index (κ1) is 26.2. The Hall–Kier alpha value is -3.86. The van der Waals surface area contributed by atoms with E-state index in [2.05, 4.69) is 4.98 Å². The van der Waals surface area contributed by atoms with E-state index >= 15 is 0 Å². The molecular formula is C25H21ClF3N4O4-. The summed E-state index contributed by atoms with van der Waals surface area (Å²) in [5, 5.41) is 11.1. The topological polar surface area (TPSA) is 102 Å². The fraction of sp³-hybridized carbons (Fsp3) is 0.280. The fourth-order valence-electron chi connectivity index (χ4n) is 4.39. The minimum atomic E-state index is -4.77. The molecule has 0 radical (unpaired) electrons. The van der Waals surface area contributed by atoms with Crippen LogP contribution in [0.1, 0.15) is 46.7 Å². The highest BCUT2D eigenvalue weighted by molar-refractivity contribution is 6.32. The van der Waals surface area contributed by atoms with Crippen LogP contribution in [0, 0.1) is 6.92 Å². The lowest BCUT2D eigenvalue weighted by atomic mass is 10.1. The number of aromatic nitrogens is 4. The number of halogens is 4. The summed E-state index contributed by atoms with van der Waals surface area (Å²) in [4.78, 5) is 42.8. The highest BCUT2D eigenvalue weighted by Gasteiger charge is 2.34. The summed E-state index contributed by atoms with van der Waals surface area (Å²) in [7, 11) is 0. The summed E-state index contributed by atoms with van der Waals surface area (Å²) in [6.07, 6.45) is -3.25. The molecule has 2 aromatic heterocycles. The van der Waals surface area contributed by atoms with Crippen molar-refractivity contribution in [1.82, 2.24) is 18.7 Å². The Kier molecular flexibility index (Phi) is 6.76. The van der Waals surface area contributed by atoms with Crippen LogP contribution in [0.5, 0.6) is 0 Å². The Morgan fingerprint density at radius 3 is 2.41 bits per heavy atom. The Balaban J connectivity index is 1.97. The molecule has 4 aromatic rings. The average Bonchev–Trinajstić information content (AvgIpc) is 3.21. The molecule has 0 aliphatic carbocycles. The van der Waals surface area contributed by atoms with Gasteiger partial charge in [0.15, 0.2) is 0 Å². The van der Waals surface area contributed by atoms with Crippen LogP contribution in [0.3, 0.4) is 0 Å². The lowest BCUT2D eigenvalue weighted by Gasteiger charge is -2.17. The Bertz CT molecular complexity index is 1670. The van der Waals surface area contributed by atoms with Crippen molar-refractivity contribution in [3.05, 3.63) is 90.5 Å². The van der Waals surface area contributed by atoms with Crippen molar-refractivity contribution in [1.29, 1.82) is 0 Å². The minimum Gasteiger partial charge on any atom is -0.545 e. The molecule has 0 spiro atoms. The second-order valence-corrected chi connectivity index (χ2v) is 8.73. The quantitative estimate of drug-likeness (QED) is 0.378. The van der Waals surface area contributed by atoms with Gasteiger partial charge in [-0.2, -0.15) is 13.2 Å². The minimum absolute atomic E-state index is 0.181. The van der Waals surface area contributed by atoms with E-state index < -0.39 is 46.1 Å². The molecule has 0 aliphatic rings. The Labute approximate surface area is 213 Å². The molecule has 0 atom stereocenters. The number of alkyl halides is 3. The zero-order chi connectivity index (χ0) is 27.2. The molecule has 8 nitrogen and oxygen atoms in total. The third-order valence-electron chi connectivity index (χ3n) is 6.22. The number of nitrogens with zero attached hydrogens (tertiary/aromatic N) is 4. The second kappa shape index (κ2) is 9.55. The number of rotatable bonds is 6. The molecule has 4 rings (SSSR count). The first-order valence-electron chi connectivity index (χ1n) is 11.3. The van der Waals surface area contributed by atoms with Crippen molar-refractivity contribution in [2.24, 2.45) is 0 Å². The fourth-order valence-corrected chi connectivity index (χ4v) is 4.68. The van der Waals surface area contributed by atoms with E-state index in [1.165, 1.54) is 6.07 Å². The third kappa shape index (κ3) is 4.43. The van der Waals surface area contributed by atoms with E-state index in [4.69, 9.17) is 11.6 Å². The third-order valence-corrected chi connectivity index (χ3v) is 6.67. The van der Waals surface area contributed by atoms with Crippen LogP contribution in [0.15, 0.2) is 46.1 Å². The van der Waals surface area contributed by atoms with Gasteiger partial charge in [-0.25, -0.2) is 9.78 Å². The maximum atomic E-state index is 13.5. The average molecular weight is 534 g/mol. The zero-order valence-electron chi connectivity index (χ0n) is 20.0. The smallest absolute Gasteiger partial charge is 0.417 e. The van der Waals surface area contributed by atoms with Gasteiger partial charge in [-0.15, -0.1) is 0 Å². The Morgan fingerprint density at radius 2 is 1.81 bits per heavy atom. The van der Waals surface area contributed by atoms with E-state index in [-0.39, 0.29) is 11.3 Å². The highest BCUT2D eigenvalue weighted by Crippen LogP contribution is 2.36. The van der Waals surface area contributed by atoms with Gasteiger partial charge in [0.2, 0.25) is 0 Å². The molecule has 0 fully saturated rings. The number of carbonyl (C=O) groups is 1. The van der Waals surface area contributed by atoms with Crippen LogP contribution in [0.4, 0.5) is 13.2 Å². The van der Waals surface area contributed by atoms with Crippen molar-refractivity contribution < 1.29 is 23.1 Å². The largest absolute Gasteiger partial charge is 0.545 e. The molecule has 2 heterocycles. The Morgan fingerprint density at radius 1 is 1.11 bits per heavy atom. The number of hydrogen-bond acceptors (Lipinski definition) is 5. The molecule has 194 valence electrons. The first-order valence-corrected chi connectivity index (χ1v) is 11.7. The number of carboxylic acid groups (broad SMARTS) is 1. The SMILES string of the molecule is CCc1nc2c(C)c(-n3cc(C(=O)[O-])c(=O)n(Cc4cccc(C(F)(F)F)c4Cl)c3=O)ccc2n1CC. The molecule has 0 aliphatic heterocycles. The van der Waals surface area contributed by atoms with Crippen molar-refractivity contribution in [2.75, 3.05) is 0 Å². The van der Waals surface area contributed by atoms with Gasteiger partial charge in [0.25, 0.3) is 5.56 Å². The van der Waals surface area contributed by atoms with Crippen molar-refractivity contribution in [3.8, 4) is 5.69 Å². The molecule has 0 N–H and O–H groups in total. The molecule has 0 saturated heterocycles. The predicted octanol–water partition coefficient (Wildman–Crippen LogP) is 3.32. The summed E-state index contributed by atoms with van der Waals surface area (Å²) >= 11 is 5.96. The summed E-state index contributed by atoms with van der Waals surface area (Å²) < 4.78 is 43.5. The molecular weight excluding hydrogens is 513 g/mol. The van der Waals surface area contributed by atoms with Gasteiger partial charge in [0, 0.05) is 24.7 Å². The lowest BCUT2D eigenvalue weighted by molar-refractivity contribution is -0.255. The molecule has 0 bridgehead atoms. The van der Waals surface area contributed by atoms with Crippen LogP contribution < -0.4 is 16.4 Å². The predicted molar refractivity (Wildman–Crippen MR) is 129 cm³/mol. The lowest BCUT2D eigenvalue weighted by Crippen LogP contribution is -2.44. The van der Waals surface area contributed by atoms with E-state index in [0.717, 1.165) is 34.2 Å². The zero-order valence-corrected chi connectivity index (χ0v) is 20.8. The first-order chi connectivity index (χ1) is 17.4. The van der Waals surface area contributed by atoms with Crippen LogP contribution in [0.2, 0.25) is 5.02 Å². The van der Waals surface area contributed by atoms with Gasteiger partial charge in [0.05, 0.1) is 45.4 Å². The van der Waals surface area contributed by atoms with E-state index in [0.29, 0.717) is 28.6 Å². The normalized spacial score (nSPS) is 11.9. The monoisotopic (exact) mass is 533 g/mol. The number of imidazole rings is 1. The summed E-state index contributed by atoms with van der Waals surface area (Å²) in [6.45, 7) is 5.60. The molecule has 2 aromatic carbocycles. The standard InChI is InChI=1S/C25H22ClF3N4O4/c1-4-19-30-21-13(3)17(9-10-18(21)31(19)5-2)32-12-15(23(35)36)22(34)33(24(32)37)11-14-7-6-8-16(20(14)26)25(27,28)29/h6-10,12H,4-5,11H2,1-3H3,(H,35,36)/p-1. The number of carboxylic acids is 1. The number of carbonyl (C=O) groups excluding carboxylic acids is 1. The summed E-state index contributed by atoms with van der Waals surface area (Å²) in [5.74, 6) is -1.02. The number of fused-ring (bicyclic) bond motifs is 1. The van der Waals surface area contributed by atoms with Gasteiger partial charge in [-0.1, -0.05) is 30.7 Å². The number of aryl methyl sites for hydroxylation is 3. The number of hydrogen-bond donors (Lipinski definition) is 0. The van der Waals surface area contributed by atoms with E-state index in [1.54, 1.807) is 19.1 Å². The molecule has 37 heavy (non-hydrogen) atoms. The van der Waals surface area contributed by atoms with Gasteiger partial charge in [-0.3, -0.25) is 13.9 Å². The van der Waals surface area contributed by atoms with Gasteiger partial charge < -0.3 is 14.5 Å². The molecule has 12 heteroatoms. The van der Waals surface area contributed by atoms with E-state index in [9.17, 15) is 32.7 Å². The van der Waals surface area contributed by atoms with Crippen molar-refractivity contribution in [2.45, 2.75) is 46.5 Å². The van der Waals surface area contributed by atoms with Crippen LogP contribution in [-0.2, 0) is 25.7 Å². The maximum absolute atomic E-state index is 13.5. The van der Waals surface area contributed by atoms with Crippen LogP contribution in [-0.4, -0.2) is 24.7 Å².